The van der Waals surface area contributed by atoms with Gasteiger partial charge in [-0.25, -0.2) is 0 Å². The third-order valence-corrected chi connectivity index (χ3v) is 5.08. The lowest BCUT2D eigenvalue weighted by Crippen LogP contribution is -2.03. The van der Waals surface area contributed by atoms with E-state index < -0.39 is 0 Å². The van der Waals surface area contributed by atoms with E-state index in [0.29, 0.717) is 17.9 Å². The van der Waals surface area contributed by atoms with E-state index in [1.807, 2.05) is 54.6 Å². The number of nitrogens with zero attached hydrogens (tertiary/aromatic N) is 2. The molecule has 1 aliphatic rings. The lowest BCUT2D eigenvalue weighted by atomic mass is 9.98. The first-order valence-corrected chi connectivity index (χ1v) is 9.94. The maximum absolute atomic E-state index is 9.84. The Balaban J connectivity index is 1.57. The lowest BCUT2D eigenvalue weighted by Gasteiger charge is -2.10. The molecule has 0 aromatic heterocycles. The Hall–Kier alpha value is -3.84. The zero-order valence-corrected chi connectivity index (χ0v) is 16.8. The molecule has 3 aromatic carbocycles. The summed E-state index contributed by atoms with van der Waals surface area (Å²) < 4.78 is 5.99. The van der Waals surface area contributed by atoms with Crippen molar-refractivity contribution < 1.29 is 9.57 Å². The van der Waals surface area contributed by atoms with Crippen molar-refractivity contribution in [1.29, 1.82) is 5.26 Å². The minimum Gasteiger partial charge on any atom is -0.494 e. The van der Waals surface area contributed by atoms with Crippen LogP contribution in [-0.4, -0.2) is 19.4 Å². The van der Waals surface area contributed by atoms with E-state index in [-0.39, 0.29) is 0 Å². The molecule has 0 bridgehead atoms. The van der Waals surface area contributed by atoms with Gasteiger partial charge in [-0.05, 0) is 47.7 Å². The minimum absolute atomic E-state index is 0.513. The molecule has 4 rings (SSSR count). The number of nitriles is 1. The summed E-state index contributed by atoms with van der Waals surface area (Å²) in [5.74, 6) is 0.761. The molecule has 4 heteroatoms. The molecular weight excluding hydrogens is 372 g/mol. The molecule has 1 aliphatic carbocycles. The molecule has 30 heavy (non-hydrogen) atoms. The highest BCUT2D eigenvalue weighted by atomic mass is 16.6. The van der Waals surface area contributed by atoms with Crippen molar-refractivity contribution in [2.24, 2.45) is 5.16 Å². The van der Waals surface area contributed by atoms with Crippen LogP contribution in [0.2, 0.25) is 0 Å². The van der Waals surface area contributed by atoms with Crippen LogP contribution in [-0.2, 0) is 11.3 Å². The zero-order chi connectivity index (χ0) is 20.8. The van der Waals surface area contributed by atoms with E-state index in [1.54, 1.807) is 0 Å². The molecule has 0 atom stereocenters. The van der Waals surface area contributed by atoms with Crippen LogP contribution in [0.25, 0.3) is 5.57 Å². The second-order valence-electron chi connectivity index (χ2n) is 7.00. The molecule has 0 N–H and O–H groups in total. The first kappa shape index (κ1) is 19.5. The molecule has 0 aliphatic heterocycles. The van der Waals surface area contributed by atoms with Gasteiger partial charge in [-0.15, -0.1) is 0 Å². The highest BCUT2D eigenvalue weighted by Crippen LogP contribution is 2.39. The maximum Gasteiger partial charge on any atom is 0.129 e. The first-order valence-electron chi connectivity index (χ1n) is 9.94. The number of fused-ring (bicyclic) bond motifs is 1. The van der Waals surface area contributed by atoms with Crippen LogP contribution >= 0.6 is 0 Å². The highest BCUT2D eigenvalue weighted by Gasteiger charge is 2.30. The third-order valence-electron chi connectivity index (χ3n) is 5.08. The van der Waals surface area contributed by atoms with Crippen LogP contribution in [0.5, 0.6) is 5.75 Å². The van der Waals surface area contributed by atoms with Gasteiger partial charge in [0.05, 0.1) is 12.2 Å². The van der Waals surface area contributed by atoms with Crippen molar-refractivity contribution in [1.82, 2.24) is 0 Å². The van der Waals surface area contributed by atoms with Gasteiger partial charge in [0.15, 0.2) is 0 Å². The minimum atomic E-state index is 0.513. The van der Waals surface area contributed by atoms with Gasteiger partial charge in [0, 0.05) is 11.1 Å². The van der Waals surface area contributed by atoms with Gasteiger partial charge in [0.1, 0.15) is 24.6 Å². The first-order chi connectivity index (χ1) is 14.8. The van der Waals surface area contributed by atoms with Crippen LogP contribution in [0.15, 0.2) is 89.6 Å². The van der Waals surface area contributed by atoms with E-state index in [2.05, 4.69) is 35.5 Å². The van der Waals surface area contributed by atoms with Crippen LogP contribution in [0.4, 0.5) is 0 Å². The SMILES string of the molecule is CO/N=C1\C(C#N)=C(c2ccccc2)c2ccc(OCCCc3ccccc3)cc21. The molecule has 0 spiro atoms. The lowest BCUT2D eigenvalue weighted by molar-refractivity contribution is 0.214. The predicted octanol–water partition coefficient (Wildman–Crippen LogP) is 5.39. The number of aryl methyl sites for hydroxylation is 1. The van der Waals surface area contributed by atoms with Gasteiger partial charge in [-0.2, -0.15) is 5.26 Å². The Morgan fingerprint density at radius 3 is 2.33 bits per heavy atom. The summed E-state index contributed by atoms with van der Waals surface area (Å²) in [6, 6.07) is 28.5. The molecule has 0 saturated carbocycles. The Morgan fingerprint density at radius 2 is 1.63 bits per heavy atom. The number of benzene rings is 3. The highest BCUT2D eigenvalue weighted by molar-refractivity contribution is 6.27. The third kappa shape index (κ3) is 3.97. The van der Waals surface area contributed by atoms with Crippen molar-refractivity contribution in [2.45, 2.75) is 12.8 Å². The zero-order valence-electron chi connectivity index (χ0n) is 16.8. The normalized spacial score (nSPS) is 13.8. The topological polar surface area (TPSA) is 54.6 Å². The van der Waals surface area contributed by atoms with Gasteiger partial charge >= 0.3 is 0 Å². The molecule has 148 valence electrons. The standard InChI is InChI=1S/C26H22N2O2/c1-29-28-26-23-17-21(30-16-8-11-19-9-4-2-5-10-19)14-15-22(23)25(24(26)18-27)20-12-6-3-7-13-20/h2-7,9-10,12-15,17H,8,11,16H2,1H3/b28-26-. The number of oxime groups is 1. The van der Waals surface area contributed by atoms with Gasteiger partial charge in [0.25, 0.3) is 0 Å². The van der Waals surface area contributed by atoms with E-state index in [0.717, 1.165) is 40.9 Å². The fourth-order valence-electron chi connectivity index (χ4n) is 3.73. The number of hydrogen-bond acceptors (Lipinski definition) is 4. The summed E-state index contributed by atoms with van der Waals surface area (Å²) in [7, 11) is 1.49. The van der Waals surface area contributed by atoms with Gasteiger partial charge in [0.2, 0.25) is 0 Å². The van der Waals surface area contributed by atoms with Crippen molar-refractivity contribution >= 4 is 11.3 Å². The smallest absolute Gasteiger partial charge is 0.129 e. The molecule has 0 heterocycles. The van der Waals surface area contributed by atoms with E-state index in [4.69, 9.17) is 9.57 Å². The second-order valence-corrected chi connectivity index (χ2v) is 7.00. The predicted molar refractivity (Wildman–Crippen MR) is 118 cm³/mol. The Kier molecular flexibility index (Phi) is 5.91. The summed E-state index contributed by atoms with van der Waals surface area (Å²) in [5, 5.41) is 14.0. The van der Waals surface area contributed by atoms with E-state index in [9.17, 15) is 5.26 Å². The summed E-state index contributed by atoms with van der Waals surface area (Å²) in [6.45, 7) is 0.620. The fourth-order valence-corrected chi connectivity index (χ4v) is 3.73. The summed E-state index contributed by atoms with van der Waals surface area (Å²) in [4.78, 5) is 5.05. The van der Waals surface area contributed by atoms with Gasteiger partial charge in [-0.1, -0.05) is 65.8 Å². The maximum atomic E-state index is 9.84. The summed E-state index contributed by atoms with van der Waals surface area (Å²) >= 11 is 0. The second kappa shape index (κ2) is 9.11. The van der Waals surface area contributed by atoms with Crippen molar-refractivity contribution in [3.05, 3.63) is 107 Å². The molecule has 0 unspecified atom stereocenters. The molecule has 0 radical (unpaired) electrons. The summed E-state index contributed by atoms with van der Waals surface area (Å²) in [5.41, 5.74) is 6.04. The summed E-state index contributed by atoms with van der Waals surface area (Å²) in [6.07, 6.45) is 1.90. The van der Waals surface area contributed by atoms with Crippen LogP contribution in [0.1, 0.15) is 28.7 Å². The van der Waals surface area contributed by atoms with Crippen LogP contribution in [0, 0.1) is 11.3 Å². The molecule has 3 aromatic rings. The van der Waals surface area contributed by atoms with Crippen LogP contribution < -0.4 is 4.74 Å². The molecule has 4 nitrogen and oxygen atoms in total. The van der Waals surface area contributed by atoms with Crippen molar-refractivity contribution in [2.75, 3.05) is 13.7 Å². The molecule has 0 amide bonds. The Bertz CT molecular complexity index is 1130. The fraction of sp³-hybridized carbons (Fsp3) is 0.154. The average molecular weight is 394 g/mol. The molecular formula is C26H22N2O2. The molecule has 0 fully saturated rings. The Labute approximate surface area is 176 Å². The van der Waals surface area contributed by atoms with Crippen molar-refractivity contribution in [3.8, 4) is 11.8 Å². The number of ether oxygens (including phenoxy) is 1. The van der Waals surface area contributed by atoms with Crippen molar-refractivity contribution in [3.63, 3.8) is 0 Å². The number of hydrogen-bond donors (Lipinski definition) is 0. The van der Waals surface area contributed by atoms with E-state index >= 15 is 0 Å². The van der Waals surface area contributed by atoms with Gasteiger partial charge < -0.3 is 9.57 Å². The van der Waals surface area contributed by atoms with E-state index in [1.165, 1.54) is 12.7 Å². The quantitative estimate of drug-likeness (QED) is 0.399. The Morgan fingerprint density at radius 1 is 0.900 bits per heavy atom. The number of rotatable bonds is 7. The largest absolute Gasteiger partial charge is 0.494 e. The monoisotopic (exact) mass is 394 g/mol. The molecule has 0 saturated heterocycles. The van der Waals surface area contributed by atoms with Gasteiger partial charge in [-0.3, -0.25) is 0 Å². The number of allylic oxidation sites excluding steroid dienone is 1. The average Bonchev–Trinajstić information content (AvgIpc) is 3.11. The van der Waals surface area contributed by atoms with Crippen LogP contribution in [0.3, 0.4) is 0 Å².